The summed E-state index contributed by atoms with van der Waals surface area (Å²) in [6, 6.07) is 6.98. The summed E-state index contributed by atoms with van der Waals surface area (Å²) >= 11 is 0. The second-order valence-electron chi connectivity index (χ2n) is 6.56. The van der Waals surface area contributed by atoms with Crippen molar-refractivity contribution in [3.05, 3.63) is 34.9 Å². The number of aryl methyl sites for hydroxylation is 1. The number of hydrogen-bond acceptors (Lipinski definition) is 3. The van der Waals surface area contributed by atoms with Crippen molar-refractivity contribution in [2.24, 2.45) is 0 Å². The van der Waals surface area contributed by atoms with Crippen LogP contribution in [0.3, 0.4) is 0 Å². The molecule has 2 aliphatic carbocycles. The molecule has 4 heteroatoms. The maximum atomic E-state index is 11.8. The molecule has 3 rings (SSSR count). The van der Waals surface area contributed by atoms with Crippen molar-refractivity contribution in [3.63, 3.8) is 0 Å². The Hall–Kier alpha value is -0.870. The zero-order valence-electron chi connectivity index (χ0n) is 12.9. The molecule has 0 aromatic heterocycles. The van der Waals surface area contributed by atoms with Crippen LogP contribution in [0.5, 0.6) is 0 Å². The van der Waals surface area contributed by atoms with Gasteiger partial charge in [-0.3, -0.25) is 0 Å². The summed E-state index contributed by atoms with van der Waals surface area (Å²) in [5, 5.41) is 3.57. The molecule has 0 radical (unpaired) electrons. The highest BCUT2D eigenvalue weighted by molar-refractivity contribution is 7.91. The topological polar surface area (TPSA) is 46.2 Å². The van der Waals surface area contributed by atoms with E-state index in [4.69, 9.17) is 0 Å². The lowest BCUT2D eigenvalue weighted by atomic mass is 9.84. The predicted molar refractivity (Wildman–Crippen MR) is 86.4 cm³/mol. The summed E-state index contributed by atoms with van der Waals surface area (Å²) in [6.45, 7) is 3.71. The maximum absolute atomic E-state index is 11.8. The van der Waals surface area contributed by atoms with E-state index >= 15 is 0 Å². The number of benzene rings is 1. The third-order valence-electron chi connectivity index (χ3n) is 4.96. The Labute approximate surface area is 128 Å². The normalized spacial score (nSPS) is 25.6. The van der Waals surface area contributed by atoms with Gasteiger partial charge in [-0.2, -0.15) is 0 Å². The average molecular weight is 307 g/mol. The fourth-order valence-electron chi connectivity index (χ4n) is 4.03. The van der Waals surface area contributed by atoms with Gasteiger partial charge in [0.05, 0.1) is 5.75 Å². The van der Waals surface area contributed by atoms with E-state index in [-0.39, 0.29) is 17.5 Å². The van der Waals surface area contributed by atoms with Gasteiger partial charge in [0, 0.05) is 17.8 Å². The summed E-state index contributed by atoms with van der Waals surface area (Å²) in [6.07, 6.45) is 4.90. The first-order valence-electron chi connectivity index (χ1n) is 8.08. The van der Waals surface area contributed by atoms with E-state index in [9.17, 15) is 8.42 Å². The van der Waals surface area contributed by atoms with Crippen LogP contribution in [0.2, 0.25) is 0 Å². The van der Waals surface area contributed by atoms with Crippen LogP contribution >= 0.6 is 0 Å². The summed E-state index contributed by atoms with van der Waals surface area (Å²) in [4.78, 5) is 0. The van der Waals surface area contributed by atoms with Gasteiger partial charge in [-0.1, -0.05) is 25.1 Å². The molecule has 0 amide bonds. The fraction of sp³-hybridized carbons (Fsp3) is 0.647. The molecule has 2 aliphatic rings. The molecule has 3 atom stereocenters. The largest absolute Gasteiger partial charge is 0.306 e. The van der Waals surface area contributed by atoms with Crippen LogP contribution < -0.4 is 5.32 Å². The third-order valence-corrected chi connectivity index (χ3v) is 6.85. The van der Waals surface area contributed by atoms with Crippen LogP contribution in [-0.2, 0) is 16.3 Å². The van der Waals surface area contributed by atoms with Crippen molar-refractivity contribution in [2.45, 2.75) is 57.5 Å². The first kappa shape index (κ1) is 15.0. The second kappa shape index (κ2) is 5.73. The lowest BCUT2D eigenvalue weighted by molar-refractivity contribution is 0.434. The molecule has 3 nitrogen and oxygen atoms in total. The lowest BCUT2D eigenvalue weighted by Crippen LogP contribution is -2.35. The minimum atomic E-state index is -2.92. The number of rotatable bonds is 5. The van der Waals surface area contributed by atoms with Crippen molar-refractivity contribution >= 4 is 9.84 Å². The average Bonchev–Trinajstić information content (AvgIpc) is 2.79. The molecule has 21 heavy (non-hydrogen) atoms. The predicted octanol–water partition coefficient (Wildman–Crippen LogP) is 2.96. The highest BCUT2D eigenvalue weighted by Crippen LogP contribution is 2.47. The first-order valence-corrected chi connectivity index (χ1v) is 9.90. The van der Waals surface area contributed by atoms with Gasteiger partial charge in [0.25, 0.3) is 0 Å². The highest BCUT2D eigenvalue weighted by Gasteiger charge is 2.35. The minimum Gasteiger partial charge on any atom is -0.306 e. The van der Waals surface area contributed by atoms with E-state index in [2.05, 4.69) is 23.5 Å². The second-order valence-corrected chi connectivity index (χ2v) is 8.96. The van der Waals surface area contributed by atoms with Gasteiger partial charge < -0.3 is 5.32 Å². The molecule has 0 bridgehead atoms. The zero-order chi connectivity index (χ0) is 15.0. The van der Waals surface area contributed by atoms with Crippen LogP contribution in [0.1, 0.15) is 61.8 Å². The molecule has 0 aliphatic heterocycles. The Morgan fingerprint density at radius 2 is 2.19 bits per heavy atom. The van der Waals surface area contributed by atoms with Crippen molar-refractivity contribution < 1.29 is 8.42 Å². The van der Waals surface area contributed by atoms with Crippen molar-refractivity contribution in [3.8, 4) is 0 Å². The van der Waals surface area contributed by atoms with Crippen molar-refractivity contribution in [2.75, 3.05) is 11.5 Å². The Morgan fingerprint density at radius 3 is 2.95 bits per heavy atom. The smallest absolute Gasteiger partial charge is 0.151 e. The van der Waals surface area contributed by atoms with E-state index < -0.39 is 9.84 Å². The van der Waals surface area contributed by atoms with Crippen LogP contribution in [-0.4, -0.2) is 26.0 Å². The summed E-state index contributed by atoms with van der Waals surface area (Å²) in [7, 11) is -2.92. The number of sulfone groups is 1. The van der Waals surface area contributed by atoms with Crippen LogP contribution in [0, 0.1) is 0 Å². The SMILES string of the molecule is CCS(=O)(=O)CC(C)NC1CC2CCCc3cccc1c32. The summed E-state index contributed by atoms with van der Waals surface area (Å²) < 4.78 is 23.5. The Morgan fingerprint density at radius 1 is 1.38 bits per heavy atom. The molecular weight excluding hydrogens is 282 g/mol. The summed E-state index contributed by atoms with van der Waals surface area (Å²) in [5.74, 6) is 1.14. The lowest BCUT2D eigenvalue weighted by Gasteiger charge is -2.20. The van der Waals surface area contributed by atoms with Crippen LogP contribution in [0.4, 0.5) is 0 Å². The van der Waals surface area contributed by atoms with Gasteiger partial charge >= 0.3 is 0 Å². The molecule has 0 heterocycles. The van der Waals surface area contributed by atoms with E-state index in [0.29, 0.717) is 12.0 Å². The van der Waals surface area contributed by atoms with E-state index in [0.717, 1.165) is 6.42 Å². The molecule has 0 saturated carbocycles. The number of hydrogen-bond donors (Lipinski definition) is 1. The van der Waals surface area contributed by atoms with Crippen LogP contribution in [0.15, 0.2) is 18.2 Å². The standard InChI is InChI=1S/C17H25NO2S/c1-3-21(19,20)11-12(2)18-16-10-14-8-4-6-13-7-5-9-15(16)17(13)14/h5,7,9,12,14,16,18H,3-4,6,8,10-11H2,1-2H3. The molecule has 1 N–H and O–H groups in total. The van der Waals surface area contributed by atoms with E-state index in [1.165, 1.54) is 30.4 Å². The third kappa shape index (κ3) is 3.02. The van der Waals surface area contributed by atoms with Crippen molar-refractivity contribution in [1.29, 1.82) is 0 Å². The molecular formula is C17H25NO2S. The van der Waals surface area contributed by atoms with Gasteiger partial charge in [-0.25, -0.2) is 8.42 Å². The Kier molecular flexibility index (Phi) is 4.10. The Balaban J connectivity index is 1.76. The molecule has 116 valence electrons. The van der Waals surface area contributed by atoms with Gasteiger partial charge in [0.15, 0.2) is 9.84 Å². The fourth-order valence-corrected chi connectivity index (χ4v) is 5.12. The van der Waals surface area contributed by atoms with Crippen molar-refractivity contribution in [1.82, 2.24) is 5.32 Å². The maximum Gasteiger partial charge on any atom is 0.151 e. The van der Waals surface area contributed by atoms with Gasteiger partial charge in [-0.15, -0.1) is 0 Å². The molecule has 0 spiro atoms. The first-order chi connectivity index (χ1) is 10.00. The minimum absolute atomic E-state index is 0.0101. The zero-order valence-corrected chi connectivity index (χ0v) is 13.7. The molecule has 0 saturated heterocycles. The summed E-state index contributed by atoms with van der Waals surface area (Å²) in [5.41, 5.74) is 4.49. The van der Waals surface area contributed by atoms with E-state index in [1.54, 1.807) is 12.5 Å². The Bertz CT molecular complexity index is 624. The molecule has 1 aromatic rings. The van der Waals surface area contributed by atoms with Crippen LogP contribution in [0.25, 0.3) is 0 Å². The van der Waals surface area contributed by atoms with Gasteiger partial charge in [0.1, 0.15) is 0 Å². The molecule has 0 fully saturated rings. The molecule has 1 aromatic carbocycles. The molecule has 3 unspecified atom stereocenters. The highest BCUT2D eigenvalue weighted by atomic mass is 32.2. The van der Waals surface area contributed by atoms with Gasteiger partial charge in [0.2, 0.25) is 0 Å². The van der Waals surface area contributed by atoms with E-state index in [1.807, 2.05) is 6.92 Å². The number of nitrogens with one attached hydrogen (secondary N) is 1. The van der Waals surface area contributed by atoms with Gasteiger partial charge in [-0.05, 0) is 55.2 Å². The monoisotopic (exact) mass is 307 g/mol. The quantitative estimate of drug-likeness (QED) is 0.909.